The van der Waals surface area contributed by atoms with Crippen LogP contribution in [-0.2, 0) is 9.53 Å². The van der Waals surface area contributed by atoms with Gasteiger partial charge < -0.3 is 15.4 Å². The van der Waals surface area contributed by atoms with Crippen LogP contribution in [0.2, 0.25) is 0 Å². The minimum atomic E-state index is -0.455. The molecule has 0 bridgehead atoms. The Bertz CT molecular complexity index is 494. The molecular formula is C14H21Cl2N3O3. The fourth-order valence-corrected chi connectivity index (χ4v) is 2.14. The Kier molecular flexibility index (Phi) is 9.76. The van der Waals surface area contributed by atoms with Gasteiger partial charge in [-0.3, -0.25) is 9.69 Å². The molecule has 0 aromatic heterocycles. The molecule has 0 spiro atoms. The molecule has 0 radical (unpaired) electrons. The van der Waals surface area contributed by atoms with E-state index in [-0.39, 0.29) is 30.7 Å². The molecule has 1 heterocycles. The van der Waals surface area contributed by atoms with Crippen LogP contribution in [0.15, 0.2) is 24.3 Å². The third-order valence-corrected chi connectivity index (χ3v) is 3.18. The molecule has 124 valence electrons. The van der Waals surface area contributed by atoms with Crippen molar-refractivity contribution in [3.8, 4) is 0 Å². The average Bonchev–Trinajstić information content (AvgIpc) is 2.48. The number of ether oxygens (including phenoxy) is 1. The quantitative estimate of drug-likeness (QED) is 0.798. The maximum atomic E-state index is 12.0. The van der Waals surface area contributed by atoms with E-state index in [1.807, 2.05) is 0 Å². The van der Waals surface area contributed by atoms with Crippen LogP contribution in [0.1, 0.15) is 10.4 Å². The van der Waals surface area contributed by atoms with Crippen molar-refractivity contribution in [1.82, 2.24) is 10.2 Å². The number of nitrogens with zero attached hydrogens (tertiary/aromatic N) is 1. The highest BCUT2D eigenvalue weighted by Gasteiger charge is 2.16. The summed E-state index contributed by atoms with van der Waals surface area (Å²) in [6.45, 7) is 3.83. The second kappa shape index (κ2) is 10.4. The largest absolute Gasteiger partial charge is 0.465 e. The van der Waals surface area contributed by atoms with Gasteiger partial charge >= 0.3 is 5.97 Å². The molecule has 8 heteroatoms. The van der Waals surface area contributed by atoms with E-state index in [9.17, 15) is 9.59 Å². The van der Waals surface area contributed by atoms with Gasteiger partial charge in [-0.15, -0.1) is 24.8 Å². The minimum Gasteiger partial charge on any atom is -0.465 e. The Balaban J connectivity index is 0.00000220. The van der Waals surface area contributed by atoms with Gasteiger partial charge in [0.15, 0.2) is 0 Å². The number of carbonyl (C=O) groups excluding carboxylic acids is 2. The first-order chi connectivity index (χ1) is 9.70. The first-order valence-corrected chi connectivity index (χ1v) is 6.61. The summed E-state index contributed by atoms with van der Waals surface area (Å²) in [4.78, 5) is 25.7. The second-order valence-electron chi connectivity index (χ2n) is 4.61. The van der Waals surface area contributed by atoms with Gasteiger partial charge in [0.1, 0.15) is 0 Å². The van der Waals surface area contributed by atoms with E-state index in [1.54, 1.807) is 24.3 Å². The van der Waals surface area contributed by atoms with Crippen molar-refractivity contribution in [2.24, 2.45) is 0 Å². The van der Waals surface area contributed by atoms with Gasteiger partial charge in [-0.2, -0.15) is 0 Å². The molecule has 2 N–H and O–H groups in total. The van der Waals surface area contributed by atoms with Crippen LogP contribution >= 0.6 is 24.8 Å². The molecule has 0 unspecified atom stereocenters. The first kappa shape index (κ1) is 20.7. The standard InChI is InChI=1S/C14H19N3O3.2ClH/c1-20-14(19)11-4-2-3-5-12(11)16-13(18)10-17-8-6-15-7-9-17;;/h2-5,15H,6-10H2,1H3,(H,16,18);2*1H. The third kappa shape index (κ3) is 5.81. The zero-order valence-electron chi connectivity index (χ0n) is 12.3. The van der Waals surface area contributed by atoms with Gasteiger partial charge in [0.05, 0.1) is 24.9 Å². The molecule has 1 fully saturated rings. The van der Waals surface area contributed by atoms with E-state index in [0.717, 1.165) is 26.2 Å². The van der Waals surface area contributed by atoms with Crippen molar-refractivity contribution in [1.29, 1.82) is 0 Å². The van der Waals surface area contributed by atoms with Crippen LogP contribution in [0.3, 0.4) is 0 Å². The van der Waals surface area contributed by atoms with Crippen molar-refractivity contribution in [3.63, 3.8) is 0 Å². The number of methoxy groups -OCH3 is 1. The number of esters is 1. The SMILES string of the molecule is COC(=O)c1ccccc1NC(=O)CN1CCNCC1.Cl.Cl. The highest BCUT2D eigenvalue weighted by molar-refractivity contribution is 6.01. The van der Waals surface area contributed by atoms with Gasteiger partial charge in [-0.1, -0.05) is 12.1 Å². The highest BCUT2D eigenvalue weighted by Crippen LogP contribution is 2.15. The normalized spacial score (nSPS) is 14.2. The van der Waals surface area contributed by atoms with Gasteiger partial charge in [-0.05, 0) is 12.1 Å². The molecule has 1 aliphatic rings. The van der Waals surface area contributed by atoms with E-state index >= 15 is 0 Å². The topological polar surface area (TPSA) is 70.7 Å². The highest BCUT2D eigenvalue weighted by atomic mass is 35.5. The summed E-state index contributed by atoms with van der Waals surface area (Å²) in [5.74, 6) is -0.577. The smallest absolute Gasteiger partial charge is 0.339 e. The summed E-state index contributed by atoms with van der Waals surface area (Å²) in [6, 6.07) is 6.83. The molecule has 22 heavy (non-hydrogen) atoms. The van der Waals surface area contributed by atoms with E-state index in [2.05, 4.69) is 15.5 Å². The number of hydrogen-bond donors (Lipinski definition) is 2. The van der Waals surface area contributed by atoms with Crippen molar-refractivity contribution in [2.45, 2.75) is 0 Å². The van der Waals surface area contributed by atoms with Crippen LogP contribution in [-0.4, -0.2) is 56.6 Å². The number of carbonyl (C=O) groups is 2. The van der Waals surface area contributed by atoms with Crippen LogP contribution in [0.5, 0.6) is 0 Å². The van der Waals surface area contributed by atoms with Gasteiger partial charge in [0.25, 0.3) is 0 Å². The minimum absolute atomic E-state index is 0. The number of anilines is 1. The lowest BCUT2D eigenvalue weighted by Crippen LogP contribution is -2.46. The Hall–Kier alpha value is -1.34. The number of amides is 1. The Morgan fingerprint density at radius 2 is 1.86 bits per heavy atom. The van der Waals surface area contributed by atoms with E-state index in [0.29, 0.717) is 17.8 Å². The molecule has 1 saturated heterocycles. The molecule has 1 aromatic rings. The van der Waals surface area contributed by atoms with Crippen molar-refractivity contribution < 1.29 is 14.3 Å². The summed E-state index contributed by atoms with van der Waals surface area (Å²) in [5.41, 5.74) is 0.850. The zero-order valence-corrected chi connectivity index (χ0v) is 14.0. The second-order valence-corrected chi connectivity index (χ2v) is 4.61. The summed E-state index contributed by atoms with van der Waals surface area (Å²) in [7, 11) is 1.32. The lowest BCUT2D eigenvalue weighted by atomic mass is 10.2. The van der Waals surface area contributed by atoms with Crippen LogP contribution < -0.4 is 10.6 Å². The number of halogens is 2. The molecule has 1 amide bonds. The predicted molar refractivity (Wildman–Crippen MR) is 90.2 cm³/mol. The van der Waals surface area contributed by atoms with Crippen molar-refractivity contribution in [3.05, 3.63) is 29.8 Å². The van der Waals surface area contributed by atoms with Crippen LogP contribution in [0.25, 0.3) is 0 Å². The number of benzene rings is 1. The van der Waals surface area contributed by atoms with Gasteiger partial charge in [0, 0.05) is 26.2 Å². The number of para-hydroxylation sites is 1. The van der Waals surface area contributed by atoms with Gasteiger partial charge in [-0.25, -0.2) is 4.79 Å². The molecule has 0 saturated carbocycles. The fourth-order valence-electron chi connectivity index (χ4n) is 2.14. The summed E-state index contributed by atoms with van der Waals surface area (Å²) >= 11 is 0. The van der Waals surface area contributed by atoms with Crippen molar-refractivity contribution >= 4 is 42.4 Å². The summed E-state index contributed by atoms with van der Waals surface area (Å²) < 4.78 is 4.70. The maximum Gasteiger partial charge on any atom is 0.339 e. The number of nitrogens with one attached hydrogen (secondary N) is 2. The molecule has 2 rings (SSSR count). The van der Waals surface area contributed by atoms with Crippen molar-refractivity contribution in [2.75, 3.05) is 45.2 Å². The number of hydrogen-bond acceptors (Lipinski definition) is 5. The molecule has 0 atom stereocenters. The Morgan fingerprint density at radius 3 is 2.50 bits per heavy atom. The monoisotopic (exact) mass is 349 g/mol. The molecule has 0 aliphatic carbocycles. The molecule has 1 aromatic carbocycles. The molecule has 1 aliphatic heterocycles. The number of rotatable bonds is 4. The zero-order chi connectivity index (χ0) is 14.4. The number of piperazine rings is 1. The summed E-state index contributed by atoms with van der Waals surface area (Å²) in [6.07, 6.45) is 0. The lowest BCUT2D eigenvalue weighted by Gasteiger charge is -2.26. The van der Waals surface area contributed by atoms with E-state index < -0.39 is 5.97 Å². The molecular weight excluding hydrogens is 329 g/mol. The summed E-state index contributed by atoms with van der Waals surface area (Å²) in [5, 5.41) is 6.01. The Morgan fingerprint density at radius 1 is 1.23 bits per heavy atom. The molecule has 6 nitrogen and oxygen atoms in total. The van der Waals surface area contributed by atoms with Crippen LogP contribution in [0.4, 0.5) is 5.69 Å². The first-order valence-electron chi connectivity index (χ1n) is 6.61. The van der Waals surface area contributed by atoms with Crippen LogP contribution in [0, 0.1) is 0 Å². The average molecular weight is 350 g/mol. The van der Waals surface area contributed by atoms with E-state index in [1.165, 1.54) is 7.11 Å². The fraction of sp³-hybridized carbons (Fsp3) is 0.429. The van der Waals surface area contributed by atoms with E-state index in [4.69, 9.17) is 4.74 Å². The predicted octanol–water partition coefficient (Wildman–Crippen LogP) is 1.16. The maximum absolute atomic E-state index is 12.0. The lowest BCUT2D eigenvalue weighted by molar-refractivity contribution is -0.117. The Labute approximate surface area is 142 Å². The third-order valence-electron chi connectivity index (χ3n) is 3.18. The van der Waals surface area contributed by atoms with Gasteiger partial charge in [0.2, 0.25) is 5.91 Å².